The normalized spacial score (nSPS) is 20.5. The number of aryl methyl sites for hydroxylation is 1. The molecule has 2 aromatic rings. The number of aromatic nitrogens is 1. The number of halogens is 1. The van der Waals surface area contributed by atoms with Crippen LogP contribution in [0.5, 0.6) is 0 Å². The molecule has 2 fully saturated rings. The number of rotatable bonds is 3. The summed E-state index contributed by atoms with van der Waals surface area (Å²) in [7, 11) is 0. The second-order valence-corrected chi connectivity index (χ2v) is 7.82. The number of carbonyl (C=O) groups excluding carboxylic acids is 1. The SMILES string of the molecule is Cc1ccn(-c2ccc(F)cc2)c(=O)c1C(=O)N1CCC(N2CCCCC2)C1. The maximum atomic E-state index is 13.2. The fourth-order valence-electron chi connectivity index (χ4n) is 4.36. The molecule has 0 bridgehead atoms. The number of likely N-dealkylation sites (tertiary alicyclic amines) is 2. The van der Waals surface area contributed by atoms with E-state index >= 15 is 0 Å². The van der Waals surface area contributed by atoms with Gasteiger partial charge < -0.3 is 4.90 Å². The van der Waals surface area contributed by atoms with Gasteiger partial charge in [0, 0.05) is 31.0 Å². The molecule has 0 saturated carbocycles. The average Bonchev–Trinajstić information content (AvgIpc) is 3.20. The summed E-state index contributed by atoms with van der Waals surface area (Å²) in [4.78, 5) is 30.6. The Morgan fingerprint density at radius 3 is 2.46 bits per heavy atom. The highest BCUT2D eigenvalue weighted by Crippen LogP contribution is 2.22. The highest BCUT2D eigenvalue weighted by atomic mass is 19.1. The molecule has 1 aromatic heterocycles. The molecule has 5 nitrogen and oxygen atoms in total. The number of amides is 1. The van der Waals surface area contributed by atoms with Crippen LogP contribution in [0.25, 0.3) is 5.69 Å². The van der Waals surface area contributed by atoms with E-state index in [1.54, 1.807) is 31.3 Å². The van der Waals surface area contributed by atoms with Crippen molar-refractivity contribution >= 4 is 5.91 Å². The van der Waals surface area contributed by atoms with Gasteiger partial charge in [0.05, 0.1) is 0 Å². The van der Waals surface area contributed by atoms with Gasteiger partial charge in [-0.05, 0) is 75.2 Å². The van der Waals surface area contributed by atoms with Gasteiger partial charge in [-0.3, -0.25) is 19.1 Å². The van der Waals surface area contributed by atoms with Crippen molar-refractivity contribution in [3.63, 3.8) is 0 Å². The molecule has 0 aliphatic carbocycles. The lowest BCUT2D eigenvalue weighted by molar-refractivity contribution is 0.0768. The van der Waals surface area contributed by atoms with Crippen molar-refractivity contribution < 1.29 is 9.18 Å². The molecular weight excluding hydrogens is 357 g/mol. The van der Waals surface area contributed by atoms with E-state index in [4.69, 9.17) is 0 Å². The van der Waals surface area contributed by atoms with Crippen molar-refractivity contribution in [2.24, 2.45) is 0 Å². The number of carbonyl (C=O) groups is 1. The predicted molar refractivity (Wildman–Crippen MR) is 106 cm³/mol. The van der Waals surface area contributed by atoms with Crippen LogP contribution in [0.4, 0.5) is 4.39 Å². The minimum absolute atomic E-state index is 0.196. The summed E-state index contributed by atoms with van der Waals surface area (Å²) in [5.41, 5.74) is 1.09. The van der Waals surface area contributed by atoms with Crippen LogP contribution in [-0.2, 0) is 0 Å². The number of pyridine rings is 1. The standard InChI is InChI=1S/C22H26FN3O2/c1-16-9-14-26(18-7-5-17(23)6-8-18)22(28)20(16)21(27)25-13-10-19(15-25)24-11-3-2-4-12-24/h5-9,14,19H,2-4,10-13,15H2,1H3. The fourth-order valence-corrected chi connectivity index (χ4v) is 4.36. The molecule has 3 heterocycles. The Morgan fingerprint density at radius 2 is 1.75 bits per heavy atom. The van der Waals surface area contributed by atoms with Crippen LogP contribution in [0.2, 0.25) is 0 Å². The number of hydrogen-bond acceptors (Lipinski definition) is 3. The van der Waals surface area contributed by atoms with Crippen LogP contribution < -0.4 is 5.56 Å². The molecule has 4 rings (SSSR count). The largest absolute Gasteiger partial charge is 0.337 e. The molecule has 1 aromatic carbocycles. The topological polar surface area (TPSA) is 45.6 Å². The quantitative estimate of drug-likeness (QED) is 0.819. The van der Waals surface area contributed by atoms with E-state index in [2.05, 4.69) is 4.90 Å². The zero-order valence-corrected chi connectivity index (χ0v) is 16.2. The van der Waals surface area contributed by atoms with Crippen LogP contribution in [0.15, 0.2) is 41.3 Å². The van der Waals surface area contributed by atoms with Gasteiger partial charge in [-0.15, -0.1) is 0 Å². The molecule has 0 radical (unpaired) electrons. The van der Waals surface area contributed by atoms with Gasteiger partial charge in [0.15, 0.2) is 0 Å². The zero-order valence-electron chi connectivity index (χ0n) is 16.2. The second-order valence-electron chi connectivity index (χ2n) is 7.82. The number of piperidine rings is 1. The van der Waals surface area contributed by atoms with E-state index < -0.39 is 0 Å². The first-order valence-corrected chi connectivity index (χ1v) is 10.1. The van der Waals surface area contributed by atoms with Gasteiger partial charge in [-0.2, -0.15) is 0 Å². The molecule has 0 N–H and O–H groups in total. The Labute approximate surface area is 164 Å². The van der Waals surface area contributed by atoms with Crippen molar-refractivity contribution in [2.45, 2.75) is 38.6 Å². The van der Waals surface area contributed by atoms with Gasteiger partial charge in [0.1, 0.15) is 11.4 Å². The third kappa shape index (κ3) is 3.61. The van der Waals surface area contributed by atoms with E-state index in [1.165, 1.54) is 36.0 Å². The highest BCUT2D eigenvalue weighted by molar-refractivity contribution is 5.95. The Bertz CT molecular complexity index is 916. The van der Waals surface area contributed by atoms with Crippen LogP contribution >= 0.6 is 0 Å². The van der Waals surface area contributed by atoms with Gasteiger partial charge >= 0.3 is 0 Å². The summed E-state index contributed by atoms with van der Waals surface area (Å²) in [5.74, 6) is -0.556. The molecule has 2 saturated heterocycles. The van der Waals surface area contributed by atoms with Crippen molar-refractivity contribution in [1.29, 1.82) is 0 Å². The van der Waals surface area contributed by atoms with Crippen molar-refractivity contribution in [3.05, 3.63) is 63.8 Å². The van der Waals surface area contributed by atoms with Crippen molar-refractivity contribution in [3.8, 4) is 5.69 Å². The third-order valence-electron chi connectivity index (χ3n) is 5.98. The zero-order chi connectivity index (χ0) is 19.7. The first kappa shape index (κ1) is 18.9. The smallest absolute Gasteiger partial charge is 0.268 e. The van der Waals surface area contributed by atoms with Crippen molar-refractivity contribution in [1.82, 2.24) is 14.4 Å². The lowest BCUT2D eigenvalue weighted by Gasteiger charge is -2.32. The summed E-state index contributed by atoms with van der Waals surface area (Å²) in [6.45, 7) is 5.37. The average molecular weight is 383 g/mol. The number of hydrogen-bond donors (Lipinski definition) is 0. The van der Waals surface area contributed by atoms with E-state index in [0.717, 1.165) is 19.5 Å². The fraction of sp³-hybridized carbons (Fsp3) is 0.455. The minimum Gasteiger partial charge on any atom is -0.337 e. The summed E-state index contributed by atoms with van der Waals surface area (Å²) in [6.07, 6.45) is 6.35. The summed E-state index contributed by atoms with van der Waals surface area (Å²) >= 11 is 0. The molecule has 1 atom stereocenters. The molecule has 2 aliphatic heterocycles. The molecule has 6 heteroatoms. The van der Waals surface area contributed by atoms with Gasteiger partial charge in [0.2, 0.25) is 0 Å². The Hall–Kier alpha value is -2.47. The monoisotopic (exact) mass is 383 g/mol. The Balaban J connectivity index is 1.58. The van der Waals surface area contributed by atoms with Crippen LogP contribution in [0.1, 0.15) is 41.6 Å². The first-order chi connectivity index (χ1) is 13.5. The molecule has 1 amide bonds. The number of benzene rings is 1. The van der Waals surface area contributed by atoms with E-state index in [-0.39, 0.29) is 22.8 Å². The number of nitrogens with zero attached hydrogens (tertiary/aromatic N) is 3. The van der Waals surface area contributed by atoms with Crippen LogP contribution in [-0.4, -0.2) is 52.5 Å². The maximum absolute atomic E-state index is 13.2. The van der Waals surface area contributed by atoms with E-state index in [0.29, 0.717) is 30.4 Å². The first-order valence-electron chi connectivity index (χ1n) is 10.1. The maximum Gasteiger partial charge on any atom is 0.268 e. The predicted octanol–water partition coefficient (Wildman–Crippen LogP) is 2.99. The van der Waals surface area contributed by atoms with Gasteiger partial charge in [-0.1, -0.05) is 6.42 Å². The summed E-state index contributed by atoms with van der Waals surface area (Å²) in [5, 5.41) is 0. The Morgan fingerprint density at radius 1 is 1.04 bits per heavy atom. The van der Waals surface area contributed by atoms with Gasteiger partial charge in [0.25, 0.3) is 11.5 Å². The molecule has 1 unspecified atom stereocenters. The molecular formula is C22H26FN3O2. The van der Waals surface area contributed by atoms with Crippen LogP contribution in [0.3, 0.4) is 0 Å². The van der Waals surface area contributed by atoms with Crippen molar-refractivity contribution in [2.75, 3.05) is 26.2 Å². The summed E-state index contributed by atoms with van der Waals surface area (Å²) in [6, 6.07) is 7.88. The molecule has 0 spiro atoms. The molecule has 28 heavy (non-hydrogen) atoms. The Kier molecular flexibility index (Phi) is 5.31. The lowest BCUT2D eigenvalue weighted by atomic mass is 10.1. The summed E-state index contributed by atoms with van der Waals surface area (Å²) < 4.78 is 14.6. The van der Waals surface area contributed by atoms with Gasteiger partial charge in [-0.25, -0.2) is 4.39 Å². The van der Waals surface area contributed by atoms with E-state index in [9.17, 15) is 14.0 Å². The van der Waals surface area contributed by atoms with E-state index in [1.807, 2.05) is 4.90 Å². The second kappa shape index (κ2) is 7.87. The minimum atomic E-state index is -0.360. The lowest BCUT2D eigenvalue weighted by Crippen LogP contribution is -2.42. The highest BCUT2D eigenvalue weighted by Gasteiger charge is 2.33. The van der Waals surface area contributed by atoms with Crippen LogP contribution in [0, 0.1) is 12.7 Å². The molecule has 148 valence electrons. The third-order valence-corrected chi connectivity index (χ3v) is 5.98. The molecule has 2 aliphatic rings.